The fraction of sp³-hybridized carbons (Fsp3) is 0.318. The Bertz CT molecular complexity index is 901. The number of aromatic amines is 1. The van der Waals surface area contributed by atoms with Crippen molar-refractivity contribution in [2.45, 2.75) is 25.3 Å². The van der Waals surface area contributed by atoms with Gasteiger partial charge in [-0.15, -0.1) is 0 Å². The molecule has 0 saturated carbocycles. The molecule has 1 aliphatic heterocycles. The van der Waals surface area contributed by atoms with Crippen LogP contribution in [0.5, 0.6) is 5.75 Å². The molecule has 1 atom stereocenters. The van der Waals surface area contributed by atoms with E-state index in [0.29, 0.717) is 12.6 Å². The van der Waals surface area contributed by atoms with Crippen molar-refractivity contribution >= 4 is 16.7 Å². The van der Waals surface area contributed by atoms with Crippen molar-refractivity contribution in [1.29, 1.82) is 0 Å². The number of hydrogen-bond acceptors (Lipinski definition) is 3. The maximum atomic E-state index is 12.6. The first-order chi connectivity index (χ1) is 12.7. The minimum Gasteiger partial charge on any atom is -0.497 e. The van der Waals surface area contributed by atoms with Gasteiger partial charge in [-0.25, -0.2) is 0 Å². The van der Waals surface area contributed by atoms with Gasteiger partial charge in [-0.05, 0) is 49.6 Å². The van der Waals surface area contributed by atoms with Crippen molar-refractivity contribution in [3.8, 4) is 5.75 Å². The van der Waals surface area contributed by atoms with Gasteiger partial charge in [0.1, 0.15) is 5.75 Å². The molecule has 1 fully saturated rings. The summed E-state index contributed by atoms with van der Waals surface area (Å²) in [5.74, 6) is 1.08. The van der Waals surface area contributed by atoms with Gasteiger partial charge in [0.15, 0.2) is 5.78 Å². The number of hydrogen-bond donors (Lipinski definition) is 1. The molecule has 1 aliphatic rings. The monoisotopic (exact) mass is 348 g/mol. The number of Topliss-reactive ketones (excluding diaryl/α,β-unsaturated/α-hetero) is 1. The van der Waals surface area contributed by atoms with Gasteiger partial charge in [0.05, 0.1) is 13.7 Å². The molecule has 1 saturated heterocycles. The summed E-state index contributed by atoms with van der Waals surface area (Å²) in [4.78, 5) is 18.3. The molecule has 4 heteroatoms. The fourth-order valence-corrected chi connectivity index (χ4v) is 3.94. The summed E-state index contributed by atoms with van der Waals surface area (Å²) >= 11 is 0. The largest absolute Gasteiger partial charge is 0.497 e. The van der Waals surface area contributed by atoms with Crippen molar-refractivity contribution in [2.24, 2.45) is 0 Å². The van der Waals surface area contributed by atoms with Crippen LogP contribution in [-0.4, -0.2) is 41.9 Å². The second-order valence-electron chi connectivity index (χ2n) is 6.99. The molecule has 2 aromatic carbocycles. The molecular formula is C22H24N2O2. The predicted octanol–water partition coefficient (Wildman–Crippen LogP) is 4.07. The van der Waals surface area contributed by atoms with Crippen molar-refractivity contribution in [1.82, 2.24) is 9.88 Å². The molecule has 4 rings (SSSR count). The number of likely N-dealkylation sites (tertiary alicyclic amines) is 1. The van der Waals surface area contributed by atoms with E-state index in [0.717, 1.165) is 42.6 Å². The summed E-state index contributed by atoms with van der Waals surface area (Å²) in [6.45, 7) is 1.50. The van der Waals surface area contributed by atoms with Crippen molar-refractivity contribution < 1.29 is 9.53 Å². The maximum absolute atomic E-state index is 12.6. The van der Waals surface area contributed by atoms with E-state index in [-0.39, 0.29) is 5.78 Å². The molecule has 0 bridgehead atoms. The summed E-state index contributed by atoms with van der Waals surface area (Å²) in [5, 5.41) is 1.21. The normalized spacial score (nSPS) is 17.7. The highest BCUT2D eigenvalue weighted by Gasteiger charge is 2.27. The molecule has 1 N–H and O–H groups in total. The van der Waals surface area contributed by atoms with Gasteiger partial charge in [-0.1, -0.05) is 30.3 Å². The number of H-pyrrole nitrogens is 1. The first-order valence-corrected chi connectivity index (χ1v) is 9.21. The van der Waals surface area contributed by atoms with Crippen molar-refractivity contribution in [3.05, 3.63) is 65.9 Å². The molecule has 0 amide bonds. The molecule has 0 unspecified atom stereocenters. The van der Waals surface area contributed by atoms with Gasteiger partial charge in [-0.3, -0.25) is 9.69 Å². The molecule has 0 aliphatic carbocycles. The third-order valence-corrected chi connectivity index (χ3v) is 5.37. The number of rotatable bonds is 6. The number of fused-ring (bicyclic) bond motifs is 1. The molecule has 4 nitrogen and oxygen atoms in total. The SMILES string of the molecule is COc1ccc2[nH]cc(C[C@H]3CCCN3CC(=O)c3ccccc3)c2c1. The lowest BCUT2D eigenvalue weighted by Gasteiger charge is -2.23. The maximum Gasteiger partial charge on any atom is 0.176 e. The smallest absolute Gasteiger partial charge is 0.176 e. The van der Waals surface area contributed by atoms with Crippen molar-refractivity contribution in [3.63, 3.8) is 0 Å². The standard InChI is InChI=1S/C22H24N2O2/c1-26-19-9-10-21-20(13-19)17(14-23-21)12-18-8-5-11-24(18)15-22(25)16-6-3-2-4-7-16/h2-4,6-7,9-10,13-14,18,23H,5,8,11-12,15H2,1H3/t18-/m1/s1. The highest BCUT2D eigenvalue weighted by Crippen LogP contribution is 2.28. The molecule has 1 aromatic heterocycles. The molecule has 0 spiro atoms. The number of ketones is 1. The minimum atomic E-state index is 0.207. The molecule has 0 radical (unpaired) electrons. The molecule has 26 heavy (non-hydrogen) atoms. The molecule has 134 valence electrons. The van der Waals surface area contributed by atoms with Crippen LogP contribution in [0.3, 0.4) is 0 Å². The zero-order chi connectivity index (χ0) is 17.9. The zero-order valence-electron chi connectivity index (χ0n) is 15.1. The van der Waals surface area contributed by atoms with Gasteiger partial charge in [0.2, 0.25) is 0 Å². The Morgan fingerprint density at radius 3 is 2.88 bits per heavy atom. The van der Waals surface area contributed by atoms with Crippen LogP contribution in [0.2, 0.25) is 0 Å². The van der Waals surface area contributed by atoms with E-state index in [1.54, 1.807) is 7.11 Å². The minimum absolute atomic E-state index is 0.207. The Balaban J connectivity index is 1.50. The summed E-state index contributed by atoms with van der Waals surface area (Å²) in [6, 6.07) is 16.1. The number of ether oxygens (including phenoxy) is 1. The van der Waals surface area contributed by atoms with Gasteiger partial charge in [0, 0.05) is 28.7 Å². The van der Waals surface area contributed by atoms with Crippen LogP contribution in [0.15, 0.2) is 54.7 Å². The number of carbonyl (C=O) groups excluding carboxylic acids is 1. The summed E-state index contributed by atoms with van der Waals surface area (Å²) in [7, 11) is 1.70. The Morgan fingerprint density at radius 2 is 2.08 bits per heavy atom. The number of benzene rings is 2. The van der Waals surface area contributed by atoms with Gasteiger partial charge >= 0.3 is 0 Å². The van der Waals surface area contributed by atoms with E-state index in [1.165, 1.54) is 10.9 Å². The summed E-state index contributed by atoms with van der Waals surface area (Å²) in [5.41, 5.74) is 3.23. The van der Waals surface area contributed by atoms with Gasteiger partial charge < -0.3 is 9.72 Å². The highest BCUT2D eigenvalue weighted by atomic mass is 16.5. The number of nitrogens with zero attached hydrogens (tertiary/aromatic N) is 1. The highest BCUT2D eigenvalue weighted by molar-refractivity contribution is 5.97. The number of methoxy groups -OCH3 is 1. The number of aromatic nitrogens is 1. The Kier molecular flexibility index (Phi) is 4.76. The fourth-order valence-electron chi connectivity index (χ4n) is 3.94. The second kappa shape index (κ2) is 7.34. The summed E-state index contributed by atoms with van der Waals surface area (Å²) < 4.78 is 5.37. The lowest BCUT2D eigenvalue weighted by atomic mass is 10.0. The van der Waals surface area contributed by atoms with Crippen LogP contribution in [0.25, 0.3) is 10.9 Å². The van der Waals surface area contributed by atoms with Crippen LogP contribution < -0.4 is 4.74 Å². The van der Waals surface area contributed by atoms with E-state index < -0.39 is 0 Å². The van der Waals surface area contributed by atoms with Gasteiger partial charge in [-0.2, -0.15) is 0 Å². The summed E-state index contributed by atoms with van der Waals surface area (Å²) in [6.07, 6.45) is 5.34. The first-order valence-electron chi connectivity index (χ1n) is 9.21. The Labute approximate surface area is 153 Å². The van der Waals surface area contributed by atoms with Crippen LogP contribution in [0.1, 0.15) is 28.8 Å². The van der Waals surface area contributed by atoms with Crippen LogP contribution >= 0.6 is 0 Å². The Morgan fingerprint density at radius 1 is 1.23 bits per heavy atom. The molecule has 3 aromatic rings. The van der Waals surface area contributed by atoms with Gasteiger partial charge in [0.25, 0.3) is 0 Å². The van der Waals surface area contributed by atoms with E-state index in [1.807, 2.05) is 36.4 Å². The third kappa shape index (κ3) is 3.37. The zero-order valence-corrected chi connectivity index (χ0v) is 15.1. The molecule has 2 heterocycles. The quantitative estimate of drug-likeness (QED) is 0.683. The van der Waals surface area contributed by atoms with Crippen LogP contribution in [-0.2, 0) is 6.42 Å². The lowest BCUT2D eigenvalue weighted by Crippen LogP contribution is -2.35. The Hall–Kier alpha value is -2.59. The average molecular weight is 348 g/mol. The first kappa shape index (κ1) is 16.9. The molecular weight excluding hydrogens is 324 g/mol. The lowest BCUT2D eigenvalue weighted by molar-refractivity contribution is 0.0921. The average Bonchev–Trinajstić information content (AvgIpc) is 3.29. The number of carbonyl (C=O) groups is 1. The van der Waals surface area contributed by atoms with Crippen LogP contribution in [0, 0.1) is 0 Å². The van der Waals surface area contributed by atoms with E-state index in [2.05, 4.69) is 28.2 Å². The predicted molar refractivity (Wildman–Crippen MR) is 104 cm³/mol. The number of nitrogens with one attached hydrogen (secondary N) is 1. The van der Waals surface area contributed by atoms with E-state index in [4.69, 9.17) is 4.74 Å². The third-order valence-electron chi connectivity index (χ3n) is 5.37. The van der Waals surface area contributed by atoms with Crippen molar-refractivity contribution in [2.75, 3.05) is 20.2 Å². The van der Waals surface area contributed by atoms with E-state index >= 15 is 0 Å². The topological polar surface area (TPSA) is 45.3 Å². The second-order valence-corrected chi connectivity index (χ2v) is 6.99. The van der Waals surface area contributed by atoms with Crippen LogP contribution in [0.4, 0.5) is 0 Å². The van der Waals surface area contributed by atoms with E-state index in [9.17, 15) is 4.79 Å².